The summed E-state index contributed by atoms with van der Waals surface area (Å²) >= 11 is 9.21. The molecule has 1 nitrogen and oxygen atoms in total. The molecule has 4 heteroatoms. The van der Waals surface area contributed by atoms with Crippen molar-refractivity contribution >= 4 is 39.8 Å². The van der Waals surface area contributed by atoms with E-state index in [4.69, 9.17) is 11.1 Å². The van der Waals surface area contributed by atoms with Gasteiger partial charge in [0, 0.05) is 0 Å². The predicted molar refractivity (Wildman–Crippen MR) is 51.3 cm³/mol. The van der Waals surface area contributed by atoms with Gasteiger partial charge in [0.2, 0.25) is 7.38 Å². The summed E-state index contributed by atoms with van der Waals surface area (Å²) in [6.07, 6.45) is 0. The molecule has 0 aromatic heterocycles. The fraction of sp³-hybridized carbons (Fsp3) is 0.833. The molecule has 0 amide bonds. The Morgan fingerprint density at radius 2 is 1.80 bits per heavy atom. The Hall–Kier alpha value is 0.657. The van der Waals surface area contributed by atoms with E-state index in [9.17, 15) is 4.79 Å². The molecule has 0 rings (SSSR count). The van der Waals surface area contributed by atoms with E-state index in [0.29, 0.717) is 0 Å². The van der Waals surface area contributed by atoms with Crippen LogP contribution in [0.4, 0.5) is 0 Å². The van der Waals surface area contributed by atoms with Crippen LogP contribution in [0.25, 0.3) is 0 Å². The fourth-order valence-corrected chi connectivity index (χ4v) is 4.66. The third-order valence-electron chi connectivity index (χ3n) is 1.08. The second kappa shape index (κ2) is 2.95. The molecule has 0 saturated carbocycles. The van der Waals surface area contributed by atoms with Crippen LogP contribution in [0.1, 0.15) is 13.8 Å². The van der Waals surface area contributed by atoms with Crippen molar-refractivity contribution < 1.29 is 4.79 Å². The molecule has 0 aliphatic rings. The van der Waals surface area contributed by atoms with Crippen molar-refractivity contribution in [1.82, 2.24) is 0 Å². The molecule has 0 aliphatic carbocycles. The quantitative estimate of drug-likeness (QED) is 0.414. The molecule has 0 radical (unpaired) electrons. The lowest BCUT2D eigenvalue weighted by atomic mass is 10.2. The van der Waals surface area contributed by atoms with Gasteiger partial charge in [-0.3, -0.25) is 0 Å². The van der Waals surface area contributed by atoms with Gasteiger partial charge in [0.15, 0.2) is 0 Å². The van der Waals surface area contributed by atoms with Crippen LogP contribution in [-0.4, -0.2) is 17.1 Å². The maximum atomic E-state index is 11.4. The molecular formula is C6H12BrClOSi. The average Bonchev–Trinajstić information content (AvgIpc) is 1.59. The largest absolute Gasteiger partial charge is 0.302 e. The van der Waals surface area contributed by atoms with E-state index < -0.39 is 11.7 Å². The molecule has 0 aromatic carbocycles. The van der Waals surface area contributed by atoms with E-state index in [1.807, 2.05) is 26.9 Å². The van der Waals surface area contributed by atoms with Gasteiger partial charge < -0.3 is 4.79 Å². The van der Waals surface area contributed by atoms with Gasteiger partial charge in [-0.05, 0) is 26.9 Å². The van der Waals surface area contributed by atoms with Crippen molar-refractivity contribution in [3.05, 3.63) is 0 Å². The molecule has 0 saturated heterocycles. The number of carbonyl (C=O) groups is 1. The van der Waals surface area contributed by atoms with Crippen molar-refractivity contribution in [2.75, 3.05) is 0 Å². The van der Waals surface area contributed by atoms with Crippen LogP contribution < -0.4 is 0 Å². The smallest absolute Gasteiger partial charge is 0.225 e. The highest BCUT2D eigenvalue weighted by atomic mass is 79.9. The predicted octanol–water partition coefficient (Wildman–Crippen LogP) is 2.71. The molecular weight excluding hydrogens is 232 g/mol. The first kappa shape index (κ1) is 10.7. The van der Waals surface area contributed by atoms with Gasteiger partial charge in [0.05, 0.1) is 4.32 Å². The molecule has 0 aliphatic heterocycles. The SMILES string of the molecule is CC(C)(Br)C(=O)[Si](C)(C)Cl. The highest BCUT2D eigenvalue weighted by Gasteiger charge is 2.37. The van der Waals surface area contributed by atoms with E-state index in [1.54, 1.807) is 0 Å². The zero-order valence-corrected chi connectivity index (χ0v) is 10.0. The lowest BCUT2D eigenvalue weighted by Gasteiger charge is -2.21. The highest BCUT2D eigenvalue weighted by Crippen LogP contribution is 2.24. The van der Waals surface area contributed by atoms with Crippen molar-refractivity contribution in [1.29, 1.82) is 0 Å². The maximum Gasteiger partial charge on any atom is 0.225 e. The summed E-state index contributed by atoms with van der Waals surface area (Å²) in [5.74, 6) is 0. The van der Waals surface area contributed by atoms with Gasteiger partial charge in [-0.2, -0.15) is 11.1 Å². The molecule has 10 heavy (non-hydrogen) atoms. The molecule has 0 aromatic rings. The molecule has 60 valence electrons. The first-order valence-electron chi connectivity index (χ1n) is 3.08. The number of halogens is 2. The average molecular weight is 244 g/mol. The highest BCUT2D eigenvalue weighted by molar-refractivity contribution is 9.10. The first-order chi connectivity index (χ1) is 4.15. The summed E-state index contributed by atoms with van der Waals surface area (Å²) in [5, 5.41) is 0.140. The van der Waals surface area contributed by atoms with E-state index in [2.05, 4.69) is 15.9 Å². The van der Waals surface area contributed by atoms with Crippen molar-refractivity contribution in [3.63, 3.8) is 0 Å². The lowest BCUT2D eigenvalue weighted by Crippen LogP contribution is -2.42. The first-order valence-corrected chi connectivity index (χ1v) is 7.89. The summed E-state index contributed by atoms with van der Waals surface area (Å²) in [5.41, 5.74) is 0. The zero-order valence-electron chi connectivity index (χ0n) is 6.66. The summed E-state index contributed by atoms with van der Waals surface area (Å²) in [4.78, 5) is 11.4. The second-order valence-corrected chi connectivity index (χ2v) is 11.5. The number of hydrogen-bond acceptors (Lipinski definition) is 1. The van der Waals surface area contributed by atoms with Gasteiger partial charge in [0.1, 0.15) is 5.41 Å². The van der Waals surface area contributed by atoms with Crippen LogP contribution in [0.15, 0.2) is 0 Å². The van der Waals surface area contributed by atoms with Crippen LogP contribution in [0.3, 0.4) is 0 Å². The van der Waals surface area contributed by atoms with Crippen molar-refractivity contribution in [2.24, 2.45) is 0 Å². The number of carbonyl (C=O) groups excluding carboxylic acids is 1. The molecule has 0 spiro atoms. The number of rotatable bonds is 2. The van der Waals surface area contributed by atoms with E-state index in [0.717, 1.165) is 0 Å². The maximum absolute atomic E-state index is 11.4. The van der Waals surface area contributed by atoms with E-state index >= 15 is 0 Å². The Bertz CT molecular complexity index is 129. The van der Waals surface area contributed by atoms with Gasteiger partial charge >= 0.3 is 0 Å². The fourth-order valence-electron chi connectivity index (χ4n) is 0.707. The van der Waals surface area contributed by atoms with Crippen LogP contribution >= 0.6 is 27.0 Å². The van der Waals surface area contributed by atoms with Crippen LogP contribution in [0.5, 0.6) is 0 Å². The molecule has 0 bridgehead atoms. The standard InChI is InChI=1S/C6H12BrClOSi/c1-6(2,7)5(9)10(3,4)8/h1-4H3. The third-order valence-corrected chi connectivity index (χ3v) is 4.03. The normalized spacial score (nSPS) is 13.4. The Morgan fingerprint density at radius 1 is 1.50 bits per heavy atom. The van der Waals surface area contributed by atoms with Crippen LogP contribution in [0.2, 0.25) is 13.1 Å². The van der Waals surface area contributed by atoms with Gasteiger partial charge in [-0.25, -0.2) is 0 Å². The Morgan fingerprint density at radius 3 is 1.80 bits per heavy atom. The second-order valence-electron chi connectivity index (χ2n) is 3.27. The zero-order chi connectivity index (χ0) is 8.58. The van der Waals surface area contributed by atoms with Gasteiger partial charge in [0.25, 0.3) is 0 Å². The van der Waals surface area contributed by atoms with Gasteiger partial charge in [-0.1, -0.05) is 15.9 Å². The number of hydrogen-bond donors (Lipinski definition) is 0. The van der Waals surface area contributed by atoms with Crippen molar-refractivity contribution in [2.45, 2.75) is 31.3 Å². The lowest BCUT2D eigenvalue weighted by molar-refractivity contribution is -0.113. The summed E-state index contributed by atoms with van der Waals surface area (Å²) in [6, 6.07) is 0. The minimum Gasteiger partial charge on any atom is -0.302 e. The molecule has 0 fully saturated rings. The van der Waals surface area contributed by atoms with Crippen LogP contribution in [0, 0.1) is 0 Å². The Balaban J connectivity index is 4.40. The summed E-state index contributed by atoms with van der Waals surface area (Å²) in [7, 11) is -2.11. The molecule has 0 unspecified atom stereocenters. The Labute approximate surface area is 76.0 Å². The van der Waals surface area contributed by atoms with Gasteiger partial charge in [-0.15, -0.1) is 0 Å². The number of alkyl halides is 1. The monoisotopic (exact) mass is 242 g/mol. The minimum absolute atomic E-state index is 0.140. The molecule has 0 atom stereocenters. The summed E-state index contributed by atoms with van der Waals surface area (Å²) in [6.45, 7) is 7.32. The third kappa shape index (κ3) is 3.17. The molecule has 0 N–H and O–H groups in total. The van der Waals surface area contributed by atoms with E-state index in [1.165, 1.54) is 0 Å². The van der Waals surface area contributed by atoms with Crippen molar-refractivity contribution in [3.8, 4) is 0 Å². The Kier molecular flexibility index (Phi) is 3.15. The topological polar surface area (TPSA) is 17.1 Å². The van der Waals surface area contributed by atoms with E-state index in [-0.39, 0.29) is 5.41 Å². The molecule has 0 heterocycles. The summed E-state index contributed by atoms with van der Waals surface area (Å²) < 4.78 is -0.454. The minimum atomic E-state index is -2.11. The van der Waals surface area contributed by atoms with Crippen LogP contribution in [-0.2, 0) is 4.79 Å².